The van der Waals surface area contributed by atoms with E-state index in [0.717, 1.165) is 5.52 Å². The summed E-state index contributed by atoms with van der Waals surface area (Å²) in [6.45, 7) is 3.80. The largest absolute Gasteiger partial charge is 0.463 e. The molecule has 2 heterocycles. The third kappa shape index (κ3) is 2.34. The molecular weight excluding hydrogens is 220 g/mol. The maximum Gasteiger partial charge on any atom is 0.268 e. The lowest BCUT2D eigenvalue weighted by atomic mass is 10.1. The standard InChI is InChI=1S/C12H16N2O3/c1-7(6-15)8(2)13-12(16)10-5-11-9(14-10)3-4-17-11/h3-5,7-8,14-15H,6H2,1-2H3,(H,13,16). The van der Waals surface area contributed by atoms with Gasteiger partial charge in [-0.25, -0.2) is 0 Å². The van der Waals surface area contributed by atoms with E-state index in [-0.39, 0.29) is 24.5 Å². The highest BCUT2D eigenvalue weighted by atomic mass is 16.3. The Bertz CT molecular complexity index is 486. The normalized spacial score (nSPS) is 14.8. The molecule has 2 atom stereocenters. The third-order valence-corrected chi connectivity index (χ3v) is 2.98. The molecule has 17 heavy (non-hydrogen) atoms. The zero-order valence-electron chi connectivity index (χ0n) is 9.86. The van der Waals surface area contributed by atoms with Crippen LogP contribution in [0.25, 0.3) is 11.1 Å². The van der Waals surface area contributed by atoms with E-state index in [1.54, 1.807) is 18.4 Å². The van der Waals surface area contributed by atoms with Gasteiger partial charge in [0.2, 0.25) is 0 Å². The number of carbonyl (C=O) groups excluding carboxylic acids is 1. The van der Waals surface area contributed by atoms with Crippen LogP contribution in [0.4, 0.5) is 0 Å². The van der Waals surface area contributed by atoms with Crippen molar-refractivity contribution in [3.05, 3.63) is 24.1 Å². The molecule has 0 aliphatic rings. The van der Waals surface area contributed by atoms with Gasteiger partial charge in [0.1, 0.15) is 5.69 Å². The van der Waals surface area contributed by atoms with Gasteiger partial charge in [0.25, 0.3) is 5.91 Å². The molecule has 2 rings (SSSR count). The van der Waals surface area contributed by atoms with Gasteiger partial charge in [-0.3, -0.25) is 4.79 Å². The van der Waals surface area contributed by atoms with E-state index in [1.165, 1.54) is 0 Å². The predicted molar refractivity (Wildman–Crippen MR) is 63.7 cm³/mol. The maximum atomic E-state index is 11.9. The zero-order valence-corrected chi connectivity index (χ0v) is 9.86. The van der Waals surface area contributed by atoms with Crippen LogP contribution in [0.1, 0.15) is 24.3 Å². The highest BCUT2D eigenvalue weighted by Crippen LogP contribution is 2.16. The van der Waals surface area contributed by atoms with Gasteiger partial charge in [0.05, 0.1) is 11.8 Å². The van der Waals surface area contributed by atoms with E-state index in [4.69, 9.17) is 9.52 Å². The third-order valence-electron chi connectivity index (χ3n) is 2.98. The molecule has 0 fully saturated rings. The van der Waals surface area contributed by atoms with E-state index in [1.807, 2.05) is 13.8 Å². The molecule has 0 saturated heterocycles. The minimum absolute atomic E-state index is 0.0249. The van der Waals surface area contributed by atoms with Crippen molar-refractivity contribution in [1.29, 1.82) is 0 Å². The van der Waals surface area contributed by atoms with Gasteiger partial charge >= 0.3 is 0 Å². The number of aromatic amines is 1. The Labute approximate surface area is 98.8 Å². The molecule has 5 nitrogen and oxygen atoms in total. The second-order valence-corrected chi connectivity index (χ2v) is 4.30. The van der Waals surface area contributed by atoms with E-state index >= 15 is 0 Å². The lowest BCUT2D eigenvalue weighted by Crippen LogP contribution is -2.38. The highest BCUT2D eigenvalue weighted by Gasteiger charge is 2.17. The number of fused-ring (bicyclic) bond motifs is 1. The Morgan fingerprint density at radius 1 is 1.59 bits per heavy atom. The van der Waals surface area contributed by atoms with Crippen LogP contribution in [-0.4, -0.2) is 28.6 Å². The summed E-state index contributed by atoms with van der Waals surface area (Å²) in [6.07, 6.45) is 1.57. The fourth-order valence-electron chi connectivity index (χ4n) is 1.56. The number of hydrogen-bond donors (Lipinski definition) is 3. The number of aromatic nitrogens is 1. The molecule has 2 aromatic rings. The minimum atomic E-state index is -0.191. The average molecular weight is 236 g/mol. The van der Waals surface area contributed by atoms with Crippen LogP contribution in [0.15, 0.2) is 22.8 Å². The van der Waals surface area contributed by atoms with Crippen molar-refractivity contribution >= 4 is 17.0 Å². The van der Waals surface area contributed by atoms with Crippen molar-refractivity contribution in [2.75, 3.05) is 6.61 Å². The molecule has 5 heteroatoms. The van der Waals surface area contributed by atoms with Crippen molar-refractivity contribution in [3.63, 3.8) is 0 Å². The molecule has 0 spiro atoms. The quantitative estimate of drug-likeness (QED) is 0.752. The van der Waals surface area contributed by atoms with Gasteiger partial charge in [-0.1, -0.05) is 6.92 Å². The van der Waals surface area contributed by atoms with Gasteiger partial charge < -0.3 is 19.8 Å². The number of rotatable bonds is 4. The number of aliphatic hydroxyl groups excluding tert-OH is 1. The molecule has 0 saturated carbocycles. The number of amides is 1. The van der Waals surface area contributed by atoms with Crippen LogP contribution < -0.4 is 5.32 Å². The van der Waals surface area contributed by atoms with Gasteiger partial charge in [-0.2, -0.15) is 0 Å². The van der Waals surface area contributed by atoms with Gasteiger partial charge in [-0.15, -0.1) is 0 Å². The van der Waals surface area contributed by atoms with Gasteiger partial charge in [-0.05, 0) is 12.8 Å². The maximum absolute atomic E-state index is 11.9. The van der Waals surface area contributed by atoms with E-state index in [2.05, 4.69) is 10.3 Å². The van der Waals surface area contributed by atoms with E-state index in [9.17, 15) is 4.79 Å². The summed E-state index contributed by atoms with van der Waals surface area (Å²) in [5.41, 5.74) is 1.94. The Morgan fingerprint density at radius 3 is 3.00 bits per heavy atom. The molecule has 0 radical (unpaired) electrons. The first-order valence-electron chi connectivity index (χ1n) is 5.59. The van der Waals surface area contributed by atoms with Crippen LogP contribution in [0, 0.1) is 5.92 Å². The molecule has 0 bridgehead atoms. The number of hydrogen-bond acceptors (Lipinski definition) is 3. The number of carbonyl (C=O) groups is 1. The molecule has 0 aliphatic carbocycles. The summed E-state index contributed by atoms with van der Waals surface area (Å²) < 4.78 is 5.17. The van der Waals surface area contributed by atoms with Gasteiger partial charge in [0.15, 0.2) is 5.58 Å². The molecule has 0 aliphatic heterocycles. The summed E-state index contributed by atoms with van der Waals surface area (Å²) in [6, 6.07) is 3.36. The molecule has 0 aromatic carbocycles. The summed E-state index contributed by atoms with van der Waals surface area (Å²) in [7, 11) is 0. The van der Waals surface area contributed by atoms with Crippen molar-refractivity contribution in [3.8, 4) is 0 Å². The molecule has 92 valence electrons. The van der Waals surface area contributed by atoms with Crippen molar-refractivity contribution in [1.82, 2.24) is 10.3 Å². The lowest BCUT2D eigenvalue weighted by molar-refractivity contribution is 0.0912. The fourth-order valence-corrected chi connectivity index (χ4v) is 1.56. The van der Waals surface area contributed by atoms with Crippen molar-refractivity contribution in [2.24, 2.45) is 5.92 Å². The molecule has 3 N–H and O–H groups in total. The smallest absolute Gasteiger partial charge is 0.268 e. The number of H-pyrrole nitrogens is 1. The second-order valence-electron chi connectivity index (χ2n) is 4.30. The lowest BCUT2D eigenvalue weighted by Gasteiger charge is -2.18. The van der Waals surface area contributed by atoms with Crippen LogP contribution >= 0.6 is 0 Å². The van der Waals surface area contributed by atoms with Crippen LogP contribution in [0.2, 0.25) is 0 Å². The Hall–Kier alpha value is -1.75. The summed E-state index contributed by atoms with van der Waals surface area (Å²) >= 11 is 0. The van der Waals surface area contributed by atoms with E-state index in [0.29, 0.717) is 11.3 Å². The fraction of sp³-hybridized carbons (Fsp3) is 0.417. The first kappa shape index (κ1) is 11.7. The summed E-state index contributed by atoms with van der Waals surface area (Å²) in [4.78, 5) is 14.8. The average Bonchev–Trinajstić information content (AvgIpc) is 2.87. The topological polar surface area (TPSA) is 78.3 Å². The Kier molecular flexibility index (Phi) is 3.19. The predicted octanol–water partition coefficient (Wildman–Crippen LogP) is 1.51. The number of furan rings is 1. The molecule has 2 aromatic heterocycles. The SMILES string of the molecule is CC(CO)C(C)NC(=O)c1cc2occc2[nH]1. The molecule has 1 amide bonds. The van der Waals surface area contributed by atoms with Crippen molar-refractivity contribution < 1.29 is 14.3 Å². The number of aliphatic hydroxyl groups is 1. The first-order valence-corrected chi connectivity index (χ1v) is 5.59. The monoisotopic (exact) mass is 236 g/mol. The molecular formula is C12H16N2O3. The first-order chi connectivity index (χ1) is 8.11. The number of nitrogens with one attached hydrogen (secondary N) is 2. The van der Waals surface area contributed by atoms with Crippen molar-refractivity contribution in [2.45, 2.75) is 19.9 Å². The van der Waals surface area contributed by atoms with Crippen LogP contribution in [-0.2, 0) is 0 Å². The zero-order chi connectivity index (χ0) is 12.4. The van der Waals surface area contributed by atoms with Gasteiger partial charge in [0, 0.05) is 24.8 Å². The summed E-state index contributed by atoms with van der Waals surface area (Å²) in [5.74, 6) is -0.166. The van der Waals surface area contributed by atoms with Crippen LogP contribution in [0.3, 0.4) is 0 Å². The highest BCUT2D eigenvalue weighted by molar-refractivity contribution is 5.96. The van der Waals surface area contributed by atoms with Crippen LogP contribution in [0.5, 0.6) is 0 Å². The van der Waals surface area contributed by atoms with E-state index < -0.39 is 0 Å². The Morgan fingerprint density at radius 2 is 2.35 bits per heavy atom. The Balaban J connectivity index is 2.07. The summed E-state index contributed by atoms with van der Waals surface area (Å²) in [5, 5.41) is 11.8. The second kappa shape index (κ2) is 4.63. The molecule has 2 unspecified atom stereocenters. The minimum Gasteiger partial charge on any atom is -0.463 e.